The maximum Gasteiger partial charge on any atom is 0.345 e. The zero-order valence-electron chi connectivity index (χ0n) is 5.84. The van der Waals surface area contributed by atoms with Crippen LogP contribution in [0.3, 0.4) is 0 Å². The maximum absolute atomic E-state index is 10.5. The minimum absolute atomic E-state index is 0.412. The fourth-order valence-electron chi connectivity index (χ4n) is 0.386. The van der Waals surface area contributed by atoms with E-state index in [0.717, 1.165) is 12.8 Å². The molecule has 0 bridgehead atoms. The van der Waals surface area contributed by atoms with Gasteiger partial charge in [0.15, 0.2) is 0 Å². The molecule has 0 aliphatic carbocycles. The first-order valence-corrected chi connectivity index (χ1v) is 4.41. The third-order valence-corrected chi connectivity index (χ3v) is 1.45. The van der Waals surface area contributed by atoms with E-state index in [2.05, 4.69) is 4.74 Å². The maximum atomic E-state index is 10.5. The number of aliphatic hydroxyl groups excluding tert-OH is 1. The van der Waals surface area contributed by atoms with Crippen molar-refractivity contribution in [2.45, 2.75) is 23.9 Å². The summed E-state index contributed by atoms with van der Waals surface area (Å²) in [6.45, 7) is 2.42. The summed E-state index contributed by atoms with van der Waals surface area (Å²) in [4.78, 5) is 10.5. The number of esters is 1. The Labute approximate surface area is 73.9 Å². The fourth-order valence-corrected chi connectivity index (χ4v) is 0.566. The number of alkyl halides is 1. The van der Waals surface area contributed by atoms with Crippen molar-refractivity contribution in [2.75, 3.05) is 6.61 Å². The van der Waals surface area contributed by atoms with Crippen molar-refractivity contribution in [2.24, 2.45) is 0 Å². The third-order valence-electron chi connectivity index (χ3n) is 0.937. The van der Waals surface area contributed by atoms with Crippen LogP contribution in [0, 0.1) is 0 Å². The summed E-state index contributed by atoms with van der Waals surface area (Å²) < 4.78 is 3.63. The summed E-state index contributed by atoms with van der Waals surface area (Å²) in [5.74, 6) is -0.547. The molecule has 0 rings (SSSR count). The van der Waals surface area contributed by atoms with Crippen LogP contribution in [0.1, 0.15) is 19.8 Å². The molecule has 0 fully saturated rings. The van der Waals surface area contributed by atoms with E-state index in [-0.39, 0.29) is 0 Å². The number of unbranched alkanes of at least 4 members (excludes halogenated alkanes) is 1. The average Bonchev–Trinajstić information content (AvgIpc) is 1.88. The number of aliphatic hydroxyl groups is 1. The average molecular weight is 258 g/mol. The van der Waals surface area contributed by atoms with Crippen LogP contribution in [-0.2, 0) is 9.53 Å². The number of hydrogen-bond donors (Lipinski definition) is 1. The van der Waals surface area contributed by atoms with Gasteiger partial charge in [0.05, 0.1) is 6.61 Å². The predicted octanol–water partition coefficient (Wildman–Crippen LogP) is 1.08. The Morgan fingerprint density at radius 1 is 1.80 bits per heavy atom. The molecule has 0 aromatic carbocycles. The van der Waals surface area contributed by atoms with Crippen LogP contribution in [0.15, 0.2) is 0 Å². The Bertz CT molecular complexity index is 103. The normalized spacial score (nSPS) is 12.7. The molecule has 0 aromatic heterocycles. The smallest absolute Gasteiger partial charge is 0.345 e. The van der Waals surface area contributed by atoms with Crippen molar-refractivity contribution in [1.29, 1.82) is 0 Å². The molecule has 0 heterocycles. The SMILES string of the molecule is CCCCOC(=O)C(O)I. The highest BCUT2D eigenvalue weighted by molar-refractivity contribution is 14.1. The first-order chi connectivity index (χ1) is 4.68. The van der Waals surface area contributed by atoms with Crippen LogP contribution in [0.4, 0.5) is 0 Å². The van der Waals surface area contributed by atoms with Crippen molar-refractivity contribution in [1.82, 2.24) is 0 Å². The molecule has 0 saturated heterocycles. The van der Waals surface area contributed by atoms with Gasteiger partial charge in [-0.2, -0.15) is 0 Å². The Balaban J connectivity index is 3.22. The summed E-state index contributed by atoms with van der Waals surface area (Å²) in [5.41, 5.74) is 0. The van der Waals surface area contributed by atoms with E-state index in [0.29, 0.717) is 6.61 Å². The Kier molecular flexibility index (Phi) is 6.00. The van der Waals surface area contributed by atoms with Gasteiger partial charge < -0.3 is 9.84 Å². The molecule has 0 radical (unpaired) electrons. The highest BCUT2D eigenvalue weighted by Gasteiger charge is 2.10. The number of carbonyl (C=O) groups excluding carboxylic acids is 1. The molecule has 1 atom stereocenters. The summed E-state index contributed by atoms with van der Waals surface area (Å²) in [6.07, 6.45) is 1.85. The highest BCUT2D eigenvalue weighted by atomic mass is 127. The second kappa shape index (κ2) is 5.91. The van der Waals surface area contributed by atoms with Gasteiger partial charge in [-0.05, 0) is 29.0 Å². The number of rotatable bonds is 4. The van der Waals surface area contributed by atoms with Gasteiger partial charge in [-0.3, -0.25) is 0 Å². The van der Waals surface area contributed by atoms with Crippen LogP contribution in [0.2, 0.25) is 0 Å². The molecule has 0 aromatic rings. The zero-order valence-corrected chi connectivity index (χ0v) is 8.00. The van der Waals surface area contributed by atoms with Gasteiger partial charge in [0, 0.05) is 0 Å². The van der Waals surface area contributed by atoms with Gasteiger partial charge in [0.2, 0.25) is 4.11 Å². The van der Waals surface area contributed by atoms with Gasteiger partial charge in [0.25, 0.3) is 0 Å². The quantitative estimate of drug-likeness (QED) is 0.355. The van der Waals surface area contributed by atoms with Crippen LogP contribution in [0.5, 0.6) is 0 Å². The second-order valence-electron chi connectivity index (χ2n) is 1.86. The first-order valence-electron chi connectivity index (χ1n) is 3.17. The topological polar surface area (TPSA) is 46.5 Å². The minimum Gasteiger partial charge on any atom is -0.463 e. The minimum atomic E-state index is -1.02. The third kappa shape index (κ3) is 4.99. The monoisotopic (exact) mass is 258 g/mol. The van der Waals surface area contributed by atoms with Crippen molar-refractivity contribution >= 4 is 28.6 Å². The first kappa shape index (κ1) is 10.2. The van der Waals surface area contributed by atoms with E-state index < -0.39 is 10.1 Å². The highest BCUT2D eigenvalue weighted by Crippen LogP contribution is 1.98. The second-order valence-corrected chi connectivity index (χ2v) is 3.04. The molecule has 10 heavy (non-hydrogen) atoms. The molecule has 3 nitrogen and oxygen atoms in total. The lowest BCUT2D eigenvalue weighted by atomic mass is 10.4. The van der Waals surface area contributed by atoms with Crippen LogP contribution in [0.25, 0.3) is 0 Å². The molecule has 0 aliphatic heterocycles. The molecule has 1 N–H and O–H groups in total. The molecule has 4 heteroatoms. The van der Waals surface area contributed by atoms with Gasteiger partial charge in [-0.15, -0.1) is 0 Å². The summed E-state index contributed by atoms with van der Waals surface area (Å²) in [6, 6.07) is 0. The summed E-state index contributed by atoms with van der Waals surface area (Å²) in [5, 5.41) is 8.63. The van der Waals surface area contributed by atoms with Crippen LogP contribution >= 0.6 is 22.6 Å². The number of halogens is 1. The molecule has 0 spiro atoms. The zero-order chi connectivity index (χ0) is 7.98. The summed E-state index contributed by atoms with van der Waals surface area (Å²) >= 11 is 1.60. The standard InChI is InChI=1S/C6H11IO3/c1-2-3-4-10-6(9)5(7)8/h5,8H,2-4H2,1H3. The molecule has 1 unspecified atom stereocenters. The van der Waals surface area contributed by atoms with Crippen molar-refractivity contribution in [3.8, 4) is 0 Å². The van der Waals surface area contributed by atoms with Crippen LogP contribution in [-0.4, -0.2) is 21.8 Å². The van der Waals surface area contributed by atoms with Crippen LogP contribution < -0.4 is 0 Å². The van der Waals surface area contributed by atoms with E-state index in [1.807, 2.05) is 6.92 Å². The fraction of sp³-hybridized carbons (Fsp3) is 0.833. The van der Waals surface area contributed by atoms with Crippen molar-refractivity contribution in [3.05, 3.63) is 0 Å². The van der Waals surface area contributed by atoms with E-state index in [4.69, 9.17) is 5.11 Å². The van der Waals surface area contributed by atoms with E-state index >= 15 is 0 Å². The molecule has 0 aliphatic rings. The summed E-state index contributed by atoms with van der Waals surface area (Å²) in [7, 11) is 0. The molecule has 0 amide bonds. The van der Waals surface area contributed by atoms with Gasteiger partial charge >= 0.3 is 5.97 Å². The number of hydrogen-bond acceptors (Lipinski definition) is 3. The largest absolute Gasteiger partial charge is 0.463 e. The number of ether oxygens (including phenoxy) is 1. The Hall–Kier alpha value is 0.160. The van der Waals surface area contributed by atoms with Gasteiger partial charge in [-0.25, -0.2) is 4.79 Å². The molecular formula is C6H11IO3. The lowest BCUT2D eigenvalue weighted by Gasteiger charge is -2.03. The van der Waals surface area contributed by atoms with Crippen molar-refractivity contribution in [3.63, 3.8) is 0 Å². The number of carbonyl (C=O) groups is 1. The van der Waals surface area contributed by atoms with E-state index in [9.17, 15) is 4.79 Å². The van der Waals surface area contributed by atoms with E-state index in [1.165, 1.54) is 0 Å². The lowest BCUT2D eigenvalue weighted by molar-refractivity contribution is -0.148. The molecule has 0 saturated carbocycles. The van der Waals surface area contributed by atoms with Gasteiger partial charge in [-0.1, -0.05) is 13.3 Å². The molecular weight excluding hydrogens is 247 g/mol. The molecule has 60 valence electrons. The predicted molar refractivity (Wildman–Crippen MR) is 45.9 cm³/mol. The Morgan fingerprint density at radius 3 is 2.80 bits per heavy atom. The van der Waals surface area contributed by atoms with Gasteiger partial charge in [0.1, 0.15) is 0 Å². The Morgan fingerprint density at radius 2 is 2.40 bits per heavy atom. The van der Waals surface area contributed by atoms with Crippen molar-refractivity contribution < 1.29 is 14.6 Å². The lowest BCUT2D eigenvalue weighted by Crippen LogP contribution is -2.16. The van der Waals surface area contributed by atoms with E-state index in [1.54, 1.807) is 22.6 Å².